The second-order valence-corrected chi connectivity index (χ2v) is 3.68. The van der Waals surface area contributed by atoms with E-state index in [1.807, 2.05) is 0 Å². The largest absolute Gasteiger partial charge is 0.388 e. The smallest absolute Gasteiger partial charge is 0.217 e. The van der Waals surface area contributed by atoms with Crippen LogP contribution in [0.1, 0.15) is 6.92 Å². The molecule has 1 rings (SSSR count). The van der Waals surface area contributed by atoms with Crippen molar-refractivity contribution in [3.05, 3.63) is 0 Å². The zero-order valence-electron chi connectivity index (χ0n) is 8.11. The molecule has 7 nitrogen and oxygen atoms in total. The van der Waals surface area contributed by atoms with Crippen molar-refractivity contribution < 1.29 is 30.3 Å². The molecule has 1 amide bonds. The van der Waals surface area contributed by atoms with Gasteiger partial charge in [-0.25, -0.2) is 0 Å². The summed E-state index contributed by atoms with van der Waals surface area (Å²) in [6.45, 7) is 1.17. The fourth-order valence-electron chi connectivity index (χ4n) is 1.64. The van der Waals surface area contributed by atoms with Gasteiger partial charge in [0, 0.05) is 6.92 Å². The van der Waals surface area contributed by atoms with E-state index in [0.29, 0.717) is 0 Å². The van der Waals surface area contributed by atoms with Gasteiger partial charge in [-0.2, -0.15) is 0 Å². The third-order valence-electron chi connectivity index (χ3n) is 2.51. The Balaban J connectivity index is 2.81. The first kappa shape index (κ1) is 12.3. The highest BCUT2D eigenvalue weighted by molar-refractivity contribution is 5.73. The van der Waals surface area contributed by atoms with Crippen molar-refractivity contribution >= 4 is 5.91 Å². The summed E-state index contributed by atoms with van der Waals surface area (Å²) < 4.78 is 0. The topological polar surface area (TPSA) is 130 Å². The lowest BCUT2D eigenvalue weighted by atomic mass is 9.83. The van der Waals surface area contributed by atoms with E-state index in [2.05, 4.69) is 5.32 Å². The van der Waals surface area contributed by atoms with Crippen LogP contribution in [0.5, 0.6) is 0 Å². The van der Waals surface area contributed by atoms with Crippen LogP contribution in [0.4, 0.5) is 0 Å². The zero-order chi connectivity index (χ0) is 11.7. The summed E-state index contributed by atoms with van der Waals surface area (Å²) in [6, 6.07) is -1.20. The highest BCUT2D eigenvalue weighted by atomic mass is 16.4. The van der Waals surface area contributed by atoms with Crippen LogP contribution in [-0.4, -0.2) is 68.0 Å². The number of carbonyl (C=O) groups is 1. The van der Waals surface area contributed by atoms with Gasteiger partial charge in [0.25, 0.3) is 0 Å². The Morgan fingerprint density at radius 2 is 1.20 bits per heavy atom. The summed E-state index contributed by atoms with van der Waals surface area (Å²) in [7, 11) is 0. The van der Waals surface area contributed by atoms with Gasteiger partial charge in [0.2, 0.25) is 5.91 Å². The van der Waals surface area contributed by atoms with Gasteiger partial charge in [0.05, 0.1) is 6.04 Å². The quantitative estimate of drug-likeness (QED) is 0.270. The lowest BCUT2D eigenvalue weighted by Crippen LogP contribution is -2.68. The monoisotopic (exact) mass is 221 g/mol. The number of amides is 1. The van der Waals surface area contributed by atoms with Crippen LogP contribution in [0.2, 0.25) is 0 Å². The molecule has 1 aliphatic carbocycles. The molecule has 1 saturated carbocycles. The van der Waals surface area contributed by atoms with Crippen LogP contribution in [0.15, 0.2) is 0 Å². The molecule has 0 aromatic heterocycles. The molecule has 0 heterocycles. The van der Waals surface area contributed by atoms with E-state index in [-0.39, 0.29) is 0 Å². The van der Waals surface area contributed by atoms with Gasteiger partial charge >= 0.3 is 0 Å². The van der Waals surface area contributed by atoms with Crippen LogP contribution in [-0.2, 0) is 4.79 Å². The average Bonchev–Trinajstić information content (AvgIpc) is 2.18. The van der Waals surface area contributed by atoms with Gasteiger partial charge in [0.1, 0.15) is 30.5 Å². The number of nitrogens with one attached hydrogen (secondary N) is 1. The summed E-state index contributed by atoms with van der Waals surface area (Å²) in [5.74, 6) is -0.520. The number of aliphatic hydroxyl groups excluding tert-OH is 5. The van der Waals surface area contributed by atoms with Gasteiger partial charge in [-0.1, -0.05) is 0 Å². The Morgan fingerprint density at radius 3 is 1.53 bits per heavy atom. The van der Waals surface area contributed by atoms with E-state index >= 15 is 0 Å². The molecule has 6 N–H and O–H groups in total. The number of hydrogen-bond acceptors (Lipinski definition) is 6. The highest BCUT2D eigenvalue weighted by Crippen LogP contribution is 2.21. The van der Waals surface area contributed by atoms with E-state index in [1.165, 1.54) is 6.92 Å². The maximum absolute atomic E-state index is 10.7. The summed E-state index contributed by atoms with van der Waals surface area (Å²) >= 11 is 0. The summed E-state index contributed by atoms with van der Waals surface area (Å²) in [6.07, 6.45) is -7.91. The van der Waals surface area contributed by atoms with Gasteiger partial charge in [0.15, 0.2) is 0 Å². The Labute approximate surface area is 86.0 Å². The normalized spacial score (nSPS) is 46.3. The van der Waals surface area contributed by atoms with Crippen molar-refractivity contribution in [1.29, 1.82) is 0 Å². The van der Waals surface area contributed by atoms with E-state index in [9.17, 15) is 30.3 Å². The number of rotatable bonds is 1. The minimum absolute atomic E-state index is 0.520. The number of aliphatic hydroxyl groups is 5. The molecule has 1 fully saturated rings. The fourth-order valence-corrected chi connectivity index (χ4v) is 1.64. The van der Waals surface area contributed by atoms with E-state index in [1.54, 1.807) is 0 Å². The van der Waals surface area contributed by atoms with Crippen LogP contribution in [0.25, 0.3) is 0 Å². The van der Waals surface area contributed by atoms with Gasteiger partial charge in [-0.05, 0) is 0 Å². The Kier molecular flexibility index (Phi) is 3.63. The van der Waals surface area contributed by atoms with Gasteiger partial charge < -0.3 is 30.8 Å². The lowest BCUT2D eigenvalue weighted by Gasteiger charge is -2.41. The van der Waals surface area contributed by atoms with Crippen LogP contribution in [0, 0.1) is 0 Å². The molecule has 0 aliphatic heterocycles. The molecule has 0 spiro atoms. The predicted molar refractivity (Wildman–Crippen MR) is 47.6 cm³/mol. The van der Waals surface area contributed by atoms with Crippen molar-refractivity contribution in [2.75, 3.05) is 0 Å². The second kappa shape index (κ2) is 4.42. The van der Waals surface area contributed by atoms with Crippen LogP contribution in [0.3, 0.4) is 0 Å². The molecule has 0 saturated heterocycles. The first-order valence-corrected chi connectivity index (χ1v) is 4.53. The van der Waals surface area contributed by atoms with Crippen molar-refractivity contribution in [3.63, 3.8) is 0 Å². The lowest BCUT2D eigenvalue weighted by molar-refractivity contribution is -0.191. The highest BCUT2D eigenvalue weighted by Gasteiger charge is 2.48. The molecule has 2 unspecified atom stereocenters. The first-order chi connectivity index (χ1) is 6.86. The Bertz CT molecular complexity index is 231. The molecule has 15 heavy (non-hydrogen) atoms. The molecule has 7 heteroatoms. The van der Waals surface area contributed by atoms with Crippen molar-refractivity contribution in [2.45, 2.75) is 43.5 Å². The molecule has 0 aromatic rings. The molecule has 0 aromatic carbocycles. The van der Waals surface area contributed by atoms with Crippen LogP contribution < -0.4 is 5.32 Å². The minimum Gasteiger partial charge on any atom is -0.388 e. The average molecular weight is 221 g/mol. The fraction of sp³-hybridized carbons (Fsp3) is 0.875. The second-order valence-electron chi connectivity index (χ2n) is 3.68. The van der Waals surface area contributed by atoms with Crippen molar-refractivity contribution in [1.82, 2.24) is 5.32 Å². The third-order valence-corrected chi connectivity index (χ3v) is 2.51. The van der Waals surface area contributed by atoms with E-state index < -0.39 is 42.5 Å². The molecule has 6 atom stereocenters. The molecule has 0 radical (unpaired) electrons. The van der Waals surface area contributed by atoms with Crippen molar-refractivity contribution in [3.8, 4) is 0 Å². The summed E-state index contributed by atoms with van der Waals surface area (Å²) in [5.41, 5.74) is 0. The third kappa shape index (κ3) is 2.27. The molecular formula is C8H15NO6. The predicted octanol–water partition coefficient (Wildman–Crippen LogP) is -3.69. The molecular weight excluding hydrogens is 206 g/mol. The Hall–Kier alpha value is -0.730. The maximum Gasteiger partial charge on any atom is 0.217 e. The van der Waals surface area contributed by atoms with Crippen LogP contribution >= 0.6 is 0 Å². The molecule has 88 valence electrons. The number of carbonyl (C=O) groups excluding carboxylic acids is 1. The summed E-state index contributed by atoms with van der Waals surface area (Å²) in [4.78, 5) is 10.7. The number of hydrogen-bond donors (Lipinski definition) is 6. The van der Waals surface area contributed by atoms with E-state index in [0.717, 1.165) is 0 Å². The first-order valence-electron chi connectivity index (χ1n) is 4.53. The Morgan fingerprint density at radius 1 is 0.867 bits per heavy atom. The molecule has 0 bridgehead atoms. The SMILES string of the molecule is CC(=O)NC1[C@@H](O)[C@H](O)C(O)[C@H](O)[C@H]1O. The standard InChI is InChI=1S/C8H15NO6/c1-2(10)9-3-4(11)6(13)8(15)7(14)5(3)12/h3-8,11-15H,1H3,(H,9,10)/t3?,4-,5+,6+,7-,8?. The van der Waals surface area contributed by atoms with Gasteiger partial charge in [-0.3, -0.25) is 4.79 Å². The summed E-state index contributed by atoms with van der Waals surface area (Å²) in [5, 5.41) is 48.9. The zero-order valence-corrected chi connectivity index (χ0v) is 8.11. The molecule has 1 aliphatic rings. The minimum atomic E-state index is -1.64. The maximum atomic E-state index is 10.7. The van der Waals surface area contributed by atoms with E-state index in [4.69, 9.17) is 0 Å². The van der Waals surface area contributed by atoms with Gasteiger partial charge in [-0.15, -0.1) is 0 Å². The van der Waals surface area contributed by atoms with Crippen molar-refractivity contribution in [2.24, 2.45) is 0 Å².